The van der Waals surface area contributed by atoms with E-state index in [0.29, 0.717) is 6.42 Å². The van der Waals surface area contributed by atoms with E-state index in [9.17, 15) is 14.4 Å². The average Bonchev–Trinajstić information content (AvgIpc) is 2.35. The highest BCUT2D eigenvalue weighted by Crippen LogP contribution is 2.24. The van der Waals surface area contributed by atoms with Gasteiger partial charge in [0.2, 0.25) is 5.91 Å². The number of carbonyl (C=O) groups is 3. The summed E-state index contributed by atoms with van der Waals surface area (Å²) in [5.41, 5.74) is 0. The van der Waals surface area contributed by atoms with Crippen LogP contribution in [0, 0.1) is 5.92 Å². The predicted molar refractivity (Wildman–Crippen MR) is 57.6 cm³/mol. The minimum Gasteiger partial charge on any atom is -0.469 e. The van der Waals surface area contributed by atoms with Crippen LogP contribution in [0.5, 0.6) is 0 Å². The molecule has 0 spiro atoms. The molecule has 0 saturated carbocycles. The topological polar surface area (TPSA) is 72.9 Å². The van der Waals surface area contributed by atoms with Gasteiger partial charge in [-0.3, -0.25) is 9.59 Å². The van der Waals surface area contributed by atoms with Crippen molar-refractivity contribution in [2.75, 3.05) is 14.2 Å². The van der Waals surface area contributed by atoms with E-state index in [0.717, 1.165) is 0 Å². The molecule has 0 bridgehead atoms. The van der Waals surface area contributed by atoms with E-state index in [1.54, 1.807) is 6.08 Å². The molecule has 1 heterocycles. The van der Waals surface area contributed by atoms with Crippen molar-refractivity contribution in [3.8, 4) is 0 Å². The Balaban J connectivity index is 3.06. The molecule has 1 rings (SSSR count). The summed E-state index contributed by atoms with van der Waals surface area (Å²) in [7, 11) is 2.46. The summed E-state index contributed by atoms with van der Waals surface area (Å²) in [6.45, 7) is 1.32. The fourth-order valence-corrected chi connectivity index (χ4v) is 1.81. The third kappa shape index (κ3) is 2.64. The number of hydrogen-bond acceptors (Lipinski definition) is 5. The van der Waals surface area contributed by atoms with Gasteiger partial charge in [-0.25, -0.2) is 4.79 Å². The van der Waals surface area contributed by atoms with Crippen LogP contribution < -0.4 is 0 Å². The van der Waals surface area contributed by atoms with E-state index in [1.807, 2.05) is 0 Å². The zero-order chi connectivity index (χ0) is 13.0. The number of esters is 2. The molecular formula is C11H15NO5. The summed E-state index contributed by atoms with van der Waals surface area (Å²) < 4.78 is 9.24. The molecule has 0 fully saturated rings. The van der Waals surface area contributed by atoms with Crippen molar-refractivity contribution in [1.29, 1.82) is 0 Å². The summed E-state index contributed by atoms with van der Waals surface area (Å²) in [4.78, 5) is 35.8. The molecule has 0 N–H and O–H groups in total. The second-order valence-electron chi connectivity index (χ2n) is 3.64. The highest BCUT2D eigenvalue weighted by molar-refractivity contribution is 5.89. The number of hydrogen-bond donors (Lipinski definition) is 0. The lowest BCUT2D eigenvalue weighted by Gasteiger charge is -2.33. The van der Waals surface area contributed by atoms with Crippen LogP contribution in [0.2, 0.25) is 0 Å². The van der Waals surface area contributed by atoms with Crippen LogP contribution in [0.3, 0.4) is 0 Å². The first kappa shape index (κ1) is 13.2. The molecule has 6 nitrogen and oxygen atoms in total. The van der Waals surface area contributed by atoms with Crippen LogP contribution in [0.15, 0.2) is 12.3 Å². The maximum Gasteiger partial charge on any atom is 0.329 e. The molecule has 2 atom stereocenters. The average molecular weight is 241 g/mol. The van der Waals surface area contributed by atoms with Gasteiger partial charge in [0, 0.05) is 13.1 Å². The van der Waals surface area contributed by atoms with Gasteiger partial charge in [-0.15, -0.1) is 0 Å². The predicted octanol–water partition coefficient (Wildman–Crippen LogP) is 0.0831. The van der Waals surface area contributed by atoms with Crippen LogP contribution in [-0.4, -0.2) is 43.0 Å². The van der Waals surface area contributed by atoms with Crippen LogP contribution >= 0.6 is 0 Å². The maximum absolute atomic E-state index is 11.7. The van der Waals surface area contributed by atoms with E-state index in [1.165, 1.54) is 32.2 Å². The maximum atomic E-state index is 11.7. The van der Waals surface area contributed by atoms with Crippen molar-refractivity contribution in [1.82, 2.24) is 4.90 Å². The zero-order valence-corrected chi connectivity index (χ0v) is 10.0. The Morgan fingerprint density at radius 1 is 1.18 bits per heavy atom. The minimum absolute atomic E-state index is 0.328. The fourth-order valence-electron chi connectivity index (χ4n) is 1.81. The van der Waals surface area contributed by atoms with Crippen molar-refractivity contribution in [3.05, 3.63) is 12.3 Å². The van der Waals surface area contributed by atoms with Crippen LogP contribution in [0.1, 0.15) is 13.3 Å². The Kier molecular flexibility index (Phi) is 4.25. The normalized spacial score (nSPS) is 23.1. The SMILES string of the molecule is COC(=O)C1CC=CN(C(C)=O)C1C(=O)OC. The van der Waals surface area contributed by atoms with Gasteiger partial charge in [0.05, 0.1) is 20.1 Å². The monoisotopic (exact) mass is 241 g/mol. The lowest BCUT2D eigenvalue weighted by atomic mass is 9.92. The Morgan fingerprint density at radius 3 is 2.24 bits per heavy atom. The first-order valence-electron chi connectivity index (χ1n) is 5.14. The molecule has 2 unspecified atom stereocenters. The van der Waals surface area contributed by atoms with Crippen LogP contribution in [-0.2, 0) is 23.9 Å². The number of ether oxygens (including phenoxy) is 2. The minimum atomic E-state index is -0.949. The number of rotatable bonds is 2. The summed E-state index contributed by atoms with van der Waals surface area (Å²) in [5.74, 6) is -2.21. The van der Waals surface area contributed by atoms with Gasteiger partial charge in [0.25, 0.3) is 0 Å². The van der Waals surface area contributed by atoms with Crippen molar-refractivity contribution in [2.45, 2.75) is 19.4 Å². The molecule has 94 valence electrons. The molecule has 6 heteroatoms. The summed E-state index contributed by atoms with van der Waals surface area (Å²) in [5, 5.41) is 0. The second-order valence-corrected chi connectivity index (χ2v) is 3.64. The van der Waals surface area contributed by atoms with Crippen LogP contribution in [0.4, 0.5) is 0 Å². The van der Waals surface area contributed by atoms with E-state index < -0.39 is 23.9 Å². The van der Waals surface area contributed by atoms with E-state index in [2.05, 4.69) is 9.47 Å². The molecule has 0 aromatic carbocycles. The van der Waals surface area contributed by atoms with Crippen molar-refractivity contribution in [2.24, 2.45) is 5.92 Å². The molecule has 1 aliphatic rings. The molecule has 0 radical (unpaired) electrons. The lowest BCUT2D eigenvalue weighted by Crippen LogP contribution is -2.50. The Morgan fingerprint density at radius 2 is 1.76 bits per heavy atom. The molecule has 1 aliphatic heterocycles. The molecule has 0 saturated heterocycles. The Labute approximate surface area is 99.2 Å². The van der Waals surface area contributed by atoms with Crippen molar-refractivity contribution < 1.29 is 23.9 Å². The third-order valence-electron chi connectivity index (χ3n) is 2.65. The highest BCUT2D eigenvalue weighted by atomic mass is 16.5. The molecule has 17 heavy (non-hydrogen) atoms. The number of nitrogens with zero attached hydrogens (tertiary/aromatic N) is 1. The van der Waals surface area contributed by atoms with Crippen molar-refractivity contribution in [3.63, 3.8) is 0 Å². The Hall–Kier alpha value is -1.85. The van der Waals surface area contributed by atoms with Crippen LogP contribution in [0.25, 0.3) is 0 Å². The van der Waals surface area contributed by atoms with Gasteiger partial charge in [0.15, 0.2) is 0 Å². The van der Waals surface area contributed by atoms with E-state index >= 15 is 0 Å². The number of amides is 1. The summed E-state index contributed by atoms with van der Waals surface area (Å²) in [6, 6.07) is -0.949. The van der Waals surface area contributed by atoms with Gasteiger partial charge in [-0.2, -0.15) is 0 Å². The van der Waals surface area contributed by atoms with Gasteiger partial charge in [-0.1, -0.05) is 6.08 Å². The van der Waals surface area contributed by atoms with Gasteiger partial charge in [0.1, 0.15) is 6.04 Å². The smallest absolute Gasteiger partial charge is 0.329 e. The summed E-state index contributed by atoms with van der Waals surface area (Å²) in [6.07, 6.45) is 3.49. The quantitative estimate of drug-likeness (QED) is 0.640. The molecule has 0 aromatic heterocycles. The summed E-state index contributed by atoms with van der Waals surface area (Å²) >= 11 is 0. The molecule has 1 amide bonds. The number of methoxy groups -OCH3 is 2. The highest BCUT2D eigenvalue weighted by Gasteiger charge is 2.41. The number of carbonyl (C=O) groups excluding carboxylic acids is 3. The first-order chi connectivity index (χ1) is 8.02. The first-order valence-corrected chi connectivity index (χ1v) is 5.14. The second kappa shape index (κ2) is 5.47. The standard InChI is InChI=1S/C11H15NO5/c1-7(13)12-6-4-5-8(10(14)16-2)9(12)11(15)17-3/h4,6,8-9H,5H2,1-3H3. The van der Waals surface area contributed by atoms with Crippen molar-refractivity contribution >= 4 is 17.8 Å². The van der Waals surface area contributed by atoms with E-state index in [-0.39, 0.29) is 5.91 Å². The van der Waals surface area contributed by atoms with Gasteiger partial charge < -0.3 is 14.4 Å². The molecule has 0 aromatic rings. The fraction of sp³-hybridized carbons (Fsp3) is 0.545. The lowest BCUT2D eigenvalue weighted by molar-refractivity contribution is -0.161. The largest absolute Gasteiger partial charge is 0.469 e. The van der Waals surface area contributed by atoms with Gasteiger partial charge in [-0.05, 0) is 6.42 Å². The van der Waals surface area contributed by atoms with Gasteiger partial charge >= 0.3 is 11.9 Å². The number of allylic oxidation sites excluding steroid dienone is 1. The Bertz CT molecular complexity index is 363. The molecule has 0 aliphatic carbocycles. The zero-order valence-electron chi connectivity index (χ0n) is 10.0. The molecular weight excluding hydrogens is 226 g/mol. The third-order valence-corrected chi connectivity index (χ3v) is 2.65. The van der Waals surface area contributed by atoms with E-state index in [4.69, 9.17) is 0 Å².